The lowest BCUT2D eigenvalue weighted by molar-refractivity contribution is -0.158. The van der Waals surface area contributed by atoms with Crippen molar-refractivity contribution in [3.8, 4) is 22.8 Å². The Morgan fingerprint density at radius 1 is 1.07 bits per heavy atom. The number of fused-ring (bicyclic) bond motifs is 1. The zero-order valence-electron chi connectivity index (χ0n) is 14.8. The number of nitrogens with zero attached hydrogens (tertiary/aromatic N) is 4. The van der Waals surface area contributed by atoms with Crippen LogP contribution in [0.4, 0.5) is 5.95 Å². The molecule has 1 amide bonds. The van der Waals surface area contributed by atoms with Gasteiger partial charge in [-0.2, -0.15) is 0 Å². The van der Waals surface area contributed by atoms with Crippen LogP contribution in [0.3, 0.4) is 0 Å². The summed E-state index contributed by atoms with van der Waals surface area (Å²) in [6.45, 7) is 2.11. The van der Waals surface area contributed by atoms with Crippen molar-refractivity contribution < 1.29 is 23.8 Å². The molecule has 0 bridgehead atoms. The predicted octanol–water partition coefficient (Wildman–Crippen LogP) is 0.694. The molecule has 4 rings (SSSR count). The summed E-state index contributed by atoms with van der Waals surface area (Å²) >= 11 is 0. The fourth-order valence-corrected chi connectivity index (χ4v) is 3.04. The monoisotopic (exact) mass is 370 g/mol. The van der Waals surface area contributed by atoms with Crippen LogP contribution in [0.2, 0.25) is 0 Å². The molecule has 0 saturated carbocycles. The van der Waals surface area contributed by atoms with E-state index in [0.29, 0.717) is 37.9 Å². The highest BCUT2D eigenvalue weighted by Crippen LogP contribution is 2.35. The second kappa shape index (κ2) is 7.10. The minimum atomic E-state index is -0.843. The van der Waals surface area contributed by atoms with Gasteiger partial charge in [-0.25, -0.2) is 14.8 Å². The Bertz CT molecular complexity index is 880. The van der Waals surface area contributed by atoms with E-state index < -0.39 is 11.9 Å². The minimum Gasteiger partial charge on any atom is -0.462 e. The van der Waals surface area contributed by atoms with Crippen molar-refractivity contribution in [2.24, 2.45) is 0 Å². The van der Waals surface area contributed by atoms with Gasteiger partial charge in [0.1, 0.15) is 0 Å². The molecule has 0 unspecified atom stereocenters. The molecule has 2 aliphatic heterocycles. The lowest BCUT2D eigenvalue weighted by Crippen LogP contribution is -2.51. The molecular formula is C18H18N4O5. The maximum Gasteiger partial charge on any atom is 0.396 e. The molecule has 0 atom stereocenters. The Balaban J connectivity index is 1.47. The zero-order chi connectivity index (χ0) is 18.8. The van der Waals surface area contributed by atoms with Crippen molar-refractivity contribution in [2.45, 2.75) is 0 Å². The summed E-state index contributed by atoms with van der Waals surface area (Å²) in [5.41, 5.74) is 1.67. The van der Waals surface area contributed by atoms with Crippen LogP contribution in [-0.4, -0.2) is 66.8 Å². The van der Waals surface area contributed by atoms with E-state index in [9.17, 15) is 9.59 Å². The number of amides is 1. The SMILES string of the molecule is COC(=O)C(=O)N1CCN(c2nccc(-c3ccc4c(c3)OCO4)n2)CC1. The maximum absolute atomic E-state index is 11.9. The number of aromatic nitrogens is 2. The van der Waals surface area contributed by atoms with Crippen LogP contribution in [0, 0.1) is 0 Å². The lowest BCUT2D eigenvalue weighted by Gasteiger charge is -2.34. The summed E-state index contributed by atoms with van der Waals surface area (Å²) in [6, 6.07) is 7.50. The minimum absolute atomic E-state index is 0.225. The molecule has 9 nitrogen and oxygen atoms in total. The van der Waals surface area contributed by atoms with Gasteiger partial charge in [0, 0.05) is 37.9 Å². The normalized spacial score (nSPS) is 15.6. The molecule has 140 valence electrons. The molecule has 0 aliphatic carbocycles. The topological polar surface area (TPSA) is 94.1 Å². The van der Waals surface area contributed by atoms with Crippen LogP contribution in [0.5, 0.6) is 11.5 Å². The molecule has 2 aliphatic rings. The average Bonchev–Trinajstić information content (AvgIpc) is 3.20. The number of methoxy groups -OCH3 is 1. The van der Waals surface area contributed by atoms with E-state index in [1.165, 1.54) is 12.0 Å². The summed E-state index contributed by atoms with van der Waals surface area (Å²) < 4.78 is 15.2. The molecule has 1 fully saturated rings. The quantitative estimate of drug-likeness (QED) is 0.563. The van der Waals surface area contributed by atoms with E-state index in [-0.39, 0.29) is 6.79 Å². The number of carbonyl (C=O) groups excluding carboxylic acids is 2. The number of hydrogen-bond donors (Lipinski definition) is 0. The van der Waals surface area contributed by atoms with E-state index in [2.05, 4.69) is 14.7 Å². The molecule has 9 heteroatoms. The lowest BCUT2D eigenvalue weighted by atomic mass is 10.1. The number of rotatable bonds is 2. The number of esters is 1. The average molecular weight is 370 g/mol. The van der Waals surface area contributed by atoms with Crippen LogP contribution < -0.4 is 14.4 Å². The van der Waals surface area contributed by atoms with Crippen LogP contribution >= 0.6 is 0 Å². The maximum atomic E-state index is 11.9. The van der Waals surface area contributed by atoms with Gasteiger partial charge in [0.05, 0.1) is 12.8 Å². The smallest absolute Gasteiger partial charge is 0.396 e. The Kier molecular flexibility index (Phi) is 4.49. The Morgan fingerprint density at radius 3 is 2.63 bits per heavy atom. The highest BCUT2D eigenvalue weighted by molar-refractivity contribution is 6.32. The zero-order valence-corrected chi connectivity index (χ0v) is 14.8. The third kappa shape index (κ3) is 3.35. The van der Waals surface area contributed by atoms with E-state index in [1.54, 1.807) is 6.20 Å². The first-order valence-corrected chi connectivity index (χ1v) is 8.51. The highest BCUT2D eigenvalue weighted by atomic mass is 16.7. The summed E-state index contributed by atoms with van der Waals surface area (Å²) in [5, 5.41) is 0. The van der Waals surface area contributed by atoms with Gasteiger partial charge in [0.25, 0.3) is 0 Å². The number of anilines is 1. The first-order chi connectivity index (χ1) is 13.2. The van der Waals surface area contributed by atoms with E-state index in [1.807, 2.05) is 29.2 Å². The molecular weight excluding hydrogens is 352 g/mol. The summed E-state index contributed by atoms with van der Waals surface area (Å²) in [7, 11) is 1.20. The molecule has 0 spiro atoms. The summed E-state index contributed by atoms with van der Waals surface area (Å²) in [4.78, 5) is 35.7. The Labute approximate surface area is 155 Å². The second-order valence-electron chi connectivity index (χ2n) is 6.08. The van der Waals surface area contributed by atoms with Gasteiger partial charge in [-0.1, -0.05) is 0 Å². The van der Waals surface area contributed by atoms with Gasteiger partial charge in [0.15, 0.2) is 11.5 Å². The molecule has 1 aromatic carbocycles. The van der Waals surface area contributed by atoms with Crippen molar-refractivity contribution in [3.63, 3.8) is 0 Å². The fraction of sp³-hybridized carbons (Fsp3) is 0.333. The molecule has 1 aromatic heterocycles. The van der Waals surface area contributed by atoms with Crippen molar-refractivity contribution >= 4 is 17.8 Å². The number of carbonyl (C=O) groups is 2. The van der Waals surface area contributed by atoms with Crippen LogP contribution in [0.15, 0.2) is 30.5 Å². The van der Waals surface area contributed by atoms with Gasteiger partial charge < -0.3 is 24.0 Å². The largest absolute Gasteiger partial charge is 0.462 e. The second-order valence-corrected chi connectivity index (χ2v) is 6.08. The van der Waals surface area contributed by atoms with Crippen molar-refractivity contribution in [3.05, 3.63) is 30.5 Å². The van der Waals surface area contributed by atoms with Crippen molar-refractivity contribution in [1.29, 1.82) is 0 Å². The summed E-state index contributed by atoms with van der Waals surface area (Å²) in [5.74, 6) is 0.536. The van der Waals surface area contributed by atoms with Crippen LogP contribution in [0.25, 0.3) is 11.3 Å². The van der Waals surface area contributed by atoms with Gasteiger partial charge in [-0.05, 0) is 24.3 Å². The fourth-order valence-electron chi connectivity index (χ4n) is 3.04. The van der Waals surface area contributed by atoms with Gasteiger partial charge in [-0.3, -0.25) is 4.79 Å². The highest BCUT2D eigenvalue weighted by Gasteiger charge is 2.27. The van der Waals surface area contributed by atoms with E-state index in [4.69, 9.17) is 9.47 Å². The van der Waals surface area contributed by atoms with E-state index >= 15 is 0 Å². The number of hydrogen-bond acceptors (Lipinski definition) is 8. The standard InChI is InChI=1S/C18H18N4O5/c1-25-17(24)16(23)21-6-8-22(9-7-21)18-19-5-4-13(20-18)12-2-3-14-15(10-12)27-11-26-14/h2-5,10H,6-9,11H2,1H3. The first kappa shape index (κ1) is 17.1. The van der Waals surface area contributed by atoms with Crippen LogP contribution in [-0.2, 0) is 14.3 Å². The van der Waals surface area contributed by atoms with Gasteiger partial charge in [-0.15, -0.1) is 0 Å². The molecule has 0 N–H and O–H groups in total. The van der Waals surface area contributed by atoms with Crippen molar-refractivity contribution in [1.82, 2.24) is 14.9 Å². The molecule has 1 saturated heterocycles. The third-order valence-electron chi connectivity index (χ3n) is 4.52. The third-order valence-corrected chi connectivity index (χ3v) is 4.52. The van der Waals surface area contributed by atoms with Crippen molar-refractivity contribution in [2.75, 3.05) is 45.0 Å². The summed E-state index contributed by atoms with van der Waals surface area (Å²) in [6.07, 6.45) is 1.70. The van der Waals surface area contributed by atoms with Gasteiger partial charge >= 0.3 is 11.9 Å². The molecule has 2 aromatic rings. The predicted molar refractivity (Wildman–Crippen MR) is 94.4 cm³/mol. The number of piperazine rings is 1. The number of benzene rings is 1. The number of ether oxygens (including phenoxy) is 3. The van der Waals surface area contributed by atoms with Gasteiger partial charge in [0.2, 0.25) is 12.7 Å². The molecule has 27 heavy (non-hydrogen) atoms. The molecule has 3 heterocycles. The molecule has 0 radical (unpaired) electrons. The van der Waals surface area contributed by atoms with Crippen LogP contribution in [0.1, 0.15) is 0 Å². The van der Waals surface area contributed by atoms with E-state index in [0.717, 1.165) is 17.0 Å². The Hall–Kier alpha value is -3.36. The first-order valence-electron chi connectivity index (χ1n) is 8.51. The Morgan fingerprint density at radius 2 is 1.85 bits per heavy atom.